The van der Waals surface area contributed by atoms with Gasteiger partial charge in [-0.15, -0.1) is 0 Å². The first kappa shape index (κ1) is 11.6. The van der Waals surface area contributed by atoms with Crippen molar-refractivity contribution >= 4 is 11.5 Å². The summed E-state index contributed by atoms with van der Waals surface area (Å²) in [6.07, 6.45) is 2.76. The number of rotatable bonds is 3. The molecule has 2 N–H and O–H groups in total. The quantitative estimate of drug-likeness (QED) is 0.780. The Bertz CT molecular complexity index is 701. The van der Waals surface area contributed by atoms with Gasteiger partial charge < -0.3 is 10.5 Å². The number of fused-ring (bicyclic) bond motifs is 1. The summed E-state index contributed by atoms with van der Waals surface area (Å²) < 4.78 is 7.05. The average Bonchev–Trinajstić information content (AvgIpc) is 2.84. The Kier molecular flexibility index (Phi) is 2.83. The number of nitrogens with two attached hydrogens (primary N) is 1. The molecule has 0 aliphatic heterocycles. The van der Waals surface area contributed by atoms with Crippen LogP contribution in [-0.4, -0.2) is 16.5 Å². The Morgan fingerprint density at radius 2 is 1.95 bits per heavy atom. The molecule has 0 fully saturated rings. The van der Waals surface area contributed by atoms with Crippen LogP contribution in [0.3, 0.4) is 0 Å². The third-order valence-electron chi connectivity index (χ3n) is 3.12. The highest BCUT2D eigenvalue weighted by atomic mass is 16.5. The Labute approximate surface area is 111 Å². The summed E-state index contributed by atoms with van der Waals surface area (Å²) in [5, 5.41) is 0. The number of benzene rings is 1. The maximum Gasteiger partial charge on any atom is 0.138 e. The molecule has 19 heavy (non-hydrogen) atoms. The van der Waals surface area contributed by atoms with Crippen LogP contribution in [0, 0.1) is 0 Å². The van der Waals surface area contributed by atoms with Crippen LogP contribution in [0.5, 0.6) is 5.75 Å². The standard InChI is InChI=1S/C15H15N3O/c1-19-13-7-5-11(6-8-13)9-12-10-18-14(16)3-2-4-15(18)17-12/h2-8,10H,9,16H2,1H3. The van der Waals surface area contributed by atoms with E-state index >= 15 is 0 Å². The largest absolute Gasteiger partial charge is 0.497 e. The fourth-order valence-corrected chi connectivity index (χ4v) is 2.12. The topological polar surface area (TPSA) is 52.5 Å². The fraction of sp³-hybridized carbons (Fsp3) is 0.133. The predicted octanol–water partition coefficient (Wildman–Crippen LogP) is 2.52. The van der Waals surface area contributed by atoms with Gasteiger partial charge in [0.25, 0.3) is 0 Å². The van der Waals surface area contributed by atoms with Crippen LogP contribution in [0.1, 0.15) is 11.3 Å². The molecule has 2 heterocycles. The Morgan fingerprint density at radius 3 is 2.63 bits per heavy atom. The molecule has 3 aromatic rings. The highest BCUT2D eigenvalue weighted by Crippen LogP contribution is 2.16. The SMILES string of the molecule is COc1ccc(Cc2cn3c(N)cccc3n2)cc1. The minimum absolute atomic E-state index is 0.700. The normalized spacial score (nSPS) is 10.8. The van der Waals surface area contributed by atoms with E-state index in [0.717, 1.165) is 23.5 Å². The zero-order chi connectivity index (χ0) is 13.2. The Hall–Kier alpha value is -2.49. The van der Waals surface area contributed by atoms with E-state index in [1.54, 1.807) is 7.11 Å². The smallest absolute Gasteiger partial charge is 0.138 e. The molecule has 3 rings (SSSR count). The van der Waals surface area contributed by atoms with E-state index < -0.39 is 0 Å². The number of aromatic nitrogens is 2. The Morgan fingerprint density at radius 1 is 1.16 bits per heavy atom. The summed E-state index contributed by atoms with van der Waals surface area (Å²) in [4.78, 5) is 4.56. The van der Waals surface area contributed by atoms with Crippen LogP contribution in [0.15, 0.2) is 48.7 Å². The van der Waals surface area contributed by atoms with E-state index in [-0.39, 0.29) is 0 Å². The molecule has 2 aromatic heterocycles. The lowest BCUT2D eigenvalue weighted by Gasteiger charge is -2.01. The van der Waals surface area contributed by atoms with Crippen LogP contribution >= 0.6 is 0 Å². The third-order valence-corrected chi connectivity index (χ3v) is 3.12. The van der Waals surface area contributed by atoms with E-state index in [2.05, 4.69) is 4.98 Å². The van der Waals surface area contributed by atoms with Gasteiger partial charge in [0.05, 0.1) is 12.8 Å². The van der Waals surface area contributed by atoms with Gasteiger partial charge in [-0.1, -0.05) is 18.2 Å². The van der Waals surface area contributed by atoms with Gasteiger partial charge in [-0.3, -0.25) is 4.40 Å². The molecule has 0 aliphatic rings. The lowest BCUT2D eigenvalue weighted by Crippen LogP contribution is -1.93. The van der Waals surface area contributed by atoms with Crippen LogP contribution in [0.2, 0.25) is 0 Å². The molecule has 1 aromatic carbocycles. The van der Waals surface area contributed by atoms with Crippen molar-refractivity contribution in [3.05, 3.63) is 59.9 Å². The van der Waals surface area contributed by atoms with Crippen molar-refractivity contribution in [3.63, 3.8) is 0 Å². The first-order chi connectivity index (χ1) is 9.26. The second kappa shape index (κ2) is 4.65. The van der Waals surface area contributed by atoms with Gasteiger partial charge in [0.1, 0.15) is 17.2 Å². The van der Waals surface area contributed by atoms with Gasteiger partial charge in [0, 0.05) is 12.6 Å². The van der Waals surface area contributed by atoms with E-state index in [4.69, 9.17) is 10.5 Å². The van der Waals surface area contributed by atoms with E-state index in [9.17, 15) is 0 Å². The molecule has 0 unspecified atom stereocenters. The minimum Gasteiger partial charge on any atom is -0.497 e. The molecule has 0 spiro atoms. The molecule has 4 nitrogen and oxygen atoms in total. The second-order valence-electron chi connectivity index (χ2n) is 4.44. The number of ether oxygens (including phenoxy) is 1. The van der Waals surface area contributed by atoms with Crippen LogP contribution in [-0.2, 0) is 6.42 Å². The van der Waals surface area contributed by atoms with Crippen LogP contribution < -0.4 is 10.5 Å². The first-order valence-corrected chi connectivity index (χ1v) is 6.11. The van der Waals surface area contributed by atoms with Gasteiger partial charge >= 0.3 is 0 Å². The molecule has 0 amide bonds. The summed E-state index contributed by atoms with van der Waals surface area (Å²) in [6, 6.07) is 13.7. The van der Waals surface area contributed by atoms with E-state index in [1.165, 1.54) is 5.56 Å². The molecule has 0 saturated heterocycles. The first-order valence-electron chi connectivity index (χ1n) is 6.11. The molecule has 0 bridgehead atoms. The summed E-state index contributed by atoms with van der Waals surface area (Å²) in [7, 11) is 1.67. The monoisotopic (exact) mass is 253 g/mol. The summed E-state index contributed by atoms with van der Waals surface area (Å²) in [5.74, 6) is 1.56. The highest BCUT2D eigenvalue weighted by molar-refractivity contribution is 5.49. The van der Waals surface area contributed by atoms with Crippen molar-refractivity contribution in [2.24, 2.45) is 0 Å². The number of imidazole rings is 1. The van der Waals surface area contributed by atoms with Crippen molar-refractivity contribution in [1.29, 1.82) is 0 Å². The predicted molar refractivity (Wildman–Crippen MR) is 75.4 cm³/mol. The van der Waals surface area contributed by atoms with Gasteiger partial charge in [0.15, 0.2) is 0 Å². The fourth-order valence-electron chi connectivity index (χ4n) is 2.12. The number of anilines is 1. The van der Waals surface area contributed by atoms with Gasteiger partial charge in [0.2, 0.25) is 0 Å². The lowest BCUT2D eigenvalue weighted by atomic mass is 10.1. The third kappa shape index (κ3) is 2.25. The number of nitrogen functional groups attached to an aromatic ring is 1. The molecule has 0 saturated carbocycles. The summed E-state index contributed by atoms with van der Waals surface area (Å²) in [5.41, 5.74) is 8.99. The minimum atomic E-state index is 0.700. The lowest BCUT2D eigenvalue weighted by molar-refractivity contribution is 0.414. The van der Waals surface area contributed by atoms with Gasteiger partial charge in [-0.05, 0) is 29.8 Å². The number of nitrogens with zero attached hydrogens (tertiary/aromatic N) is 2. The van der Waals surface area contributed by atoms with Crippen LogP contribution in [0.4, 0.5) is 5.82 Å². The zero-order valence-corrected chi connectivity index (χ0v) is 10.7. The summed E-state index contributed by atoms with van der Waals surface area (Å²) >= 11 is 0. The molecule has 4 heteroatoms. The maximum absolute atomic E-state index is 5.91. The van der Waals surface area contributed by atoms with E-state index in [1.807, 2.05) is 53.1 Å². The number of hydrogen-bond acceptors (Lipinski definition) is 3. The molecule has 0 atom stereocenters. The number of hydrogen-bond donors (Lipinski definition) is 1. The zero-order valence-electron chi connectivity index (χ0n) is 10.7. The van der Waals surface area contributed by atoms with Gasteiger partial charge in [-0.25, -0.2) is 4.98 Å². The molecular weight excluding hydrogens is 238 g/mol. The molecule has 96 valence electrons. The molecule has 0 aliphatic carbocycles. The maximum atomic E-state index is 5.91. The van der Waals surface area contributed by atoms with Crippen molar-refractivity contribution in [3.8, 4) is 5.75 Å². The molecule has 0 radical (unpaired) electrons. The number of pyridine rings is 1. The van der Waals surface area contributed by atoms with Gasteiger partial charge in [-0.2, -0.15) is 0 Å². The number of methoxy groups -OCH3 is 1. The highest BCUT2D eigenvalue weighted by Gasteiger charge is 2.04. The van der Waals surface area contributed by atoms with Crippen molar-refractivity contribution in [2.75, 3.05) is 12.8 Å². The van der Waals surface area contributed by atoms with Crippen molar-refractivity contribution in [2.45, 2.75) is 6.42 Å². The van der Waals surface area contributed by atoms with Crippen molar-refractivity contribution in [1.82, 2.24) is 9.38 Å². The second-order valence-corrected chi connectivity index (χ2v) is 4.44. The Balaban J connectivity index is 1.90. The van der Waals surface area contributed by atoms with Crippen molar-refractivity contribution < 1.29 is 4.74 Å². The van der Waals surface area contributed by atoms with Crippen LogP contribution in [0.25, 0.3) is 5.65 Å². The molecular formula is C15H15N3O. The van der Waals surface area contributed by atoms with E-state index in [0.29, 0.717) is 5.82 Å². The summed E-state index contributed by atoms with van der Waals surface area (Å²) in [6.45, 7) is 0. The average molecular weight is 253 g/mol.